The molecule has 1 atom stereocenters. The summed E-state index contributed by atoms with van der Waals surface area (Å²) in [5.41, 5.74) is 1.35. The Labute approximate surface area is 126 Å². The van der Waals surface area contributed by atoms with E-state index in [4.69, 9.17) is 9.47 Å². The van der Waals surface area contributed by atoms with Crippen LogP contribution in [0.15, 0.2) is 30.3 Å². The Balaban J connectivity index is 1.28. The number of hydrogen-bond acceptors (Lipinski definition) is 3. The molecule has 1 aromatic carbocycles. The van der Waals surface area contributed by atoms with Crippen LogP contribution in [0.3, 0.4) is 0 Å². The topological polar surface area (TPSA) is 38.8 Å². The van der Waals surface area contributed by atoms with Crippen molar-refractivity contribution in [3.63, 3.8) is 0 Å². The summed E-state index contributed by atoms with van der Waals surface area (Å²) in [5.74, 6) is 0.334. The predicted octanol–water partition coefficient (Wildman–Crippen LogP) is 1.88. The summed E-state index contributed by atoms with van der Waals surface area (Å²) in [4.78, 5) is 14.0. The summed E-state index contributed by atoms with van der Waals surface area (Å²) in [5, 5.41) is 0. The molecule has 1 amide bonds. The molecule has 0 aliphatic carbocycles. The van der Waals surface area contributed by atoms with Gasteiger partial charge in [0.2, 0.25) is 5.91 Å². The molecule has 0 bridgehead atoms. The van der Waals surface area contributed by atoms with Gasteiger partial charge in [-0.05, 0) is 24.8 Å². The van der Waals surface area contributed by atoms with Gasteiger partial charge in [-0.15, -0.1) is 0 Å². The van der Waals surface area contributed by atoms with Gasteiger partial charge in [-0.2, -0.15) is 0 Å². The zero-order valence-corrected chi connectivity index (χ0v) is 12.4. The van der Waals surface area contributed by atoms with Crippen LogP contribution >= 0.6 is 0 Å². The number of carbonyl (C=O) groups excluding carboxylic acids is 1. The summed E-state index contributed by atoms with van der Waals surface area (Å²) in [6.07, 6.45) is 3.19. The van der Waals surface area contributed by atoms with E-state index in [0.29, 0.717) is 6.61 Å². The van der Waals surface area contributed by atoms with E-state index in [0.717, 1.165) is 45.6 Å². The Morgan fingerprint density at radius 1 is 1.29 bits per heavy atom. The second-order valence-corrected chi connectivity index (χ2v) is 5.89. The fraction of sp³-hybridized carbons (Fsp3) is 0.588. The molecule has 0 saturated carbocycles. The van der Waals surface area contributed by atoms with E-state index < -0.39 is 0 Å². The van der Waals surface area contributed by atoms with Crippen LogP contribution in [0.25, 0.3) is 0 Å². The molecule has 21 heavy (non-hydrogen) atoms. The molecule has 1 aromatic rings. The average molecular weight is 289 g/mol. The minimum atomic E-state index is 0.0871. The number of carbonyl (C=O) groups is 1. The Morgan fingerprint density at radius 3 is 2.81 bits per heavy atom. The van der Waals surface area contributed by atoms with E-state index >= 15 is 0 Å². The highest BCUT2D eigenvalue weighted by atomic mass is 16.5. The van der Waals surface area contributed by atoms with Gasteiger partial charge in [-0.1, -0.05) is 30.3 Å². The summed E-state index contributed by atoms with van der Waals surface area (Å²) in [6, 6.07) is 10.5. The predicted molar refractivity (Wildman–Crippen MR) is 80.0 cm³/mol. The zero-order valence-electron chi connectivity index (χ0n) is 12.4. The molecule has 0 aromatic heterocycles. The van der Waals surface area contributed by atoms with Gasteiger partial charge in [-0.25, -0.2) is 0 Å². The van der Waals surface area contributed by atoms with Crippen LogP contribution in [-0.2, 0) is 20.7 Å². The van der Waals surface area contributed by atoms with Crippen molar-refractivity contribution in [2.75, 3.05) is 32.9 Å². The number of ether oxygens (including phenoxy) is 2. The number of amides is 1. The van der Waals surface area contributed by atoms with Crippen molar-refractivity contribution in [3.8, 4) is 0 Å². The third-order valence-electron chi connectivity index (χ3n) is 4.24. The first kappa shape index (κ1) is 14.5. The summed E-state index contributed by atoms with van der Waals surface area (Å²) < 4.78 is 11.1. The lowest BCUT2D eigenvalue weighted by Gasteiger charge is -2.40. The smallest absolute Gasteiger partial charge is 0.228 e. The Bertz CT molecular complexity index is 450. The van der Waals surface area contributed by atoms with Gasteiger partial charge in [0.1, 0.15) is 0 Å². The van der Waals surface area contributed by atoms with Crippen LogP contribution in [0.1, 0.15) is 18.4 Å². The maximum atomic E-state index is 12.1. The average Bonchev–Trinajstić information content (AvgIpc) is 3.00. The monoisotopic (exact) mass is 289 g/mol. The maximum Gasteiger partial charge on any atom is 0.228 e. The van der Waals surface area contributed by atoms with Gasteiger partial charge in [0.05, 0.1) is 18.6 Å². The summed E-state index contributed by atoms with van der Waals surface area (Å²) in [7, 11) is 0. The molecule has 2 fully saturated rings. The van der Waals surface area contributed by atoms with Gasteiger partial charge < -0.3 is 14.4 Å². The van der Waals surface area contributed by atoms with Gasteiger partial charge in [0.25, 0.3) is 0 Å². The standard InChI is InChI=1S/C17H23NO3/c19-17(15-8-10-20-13-15)18-11-16(12-18)21-9-4-7-14-5-2-1-3-6-14/h1-3,5-6,15-16H,4,7-13H2. The molecular weight excluding hydrogens is 266 g/mol. The molecule has 0 spiro atoms. The third-order valence-corrected chi connectivity index (χ3v) is 4.24. The normalized spacial score (nSPS) is 22.3. The summed E-state index contributed by atoms with van der Waals surface area (Å²) in [6.45, 7) is 3.59. The van der Waals surface area contributed by atoms with Crippen LogP contribution in [0.2, 0.25) is 0 Å². The number of benzene rings is 1. The molecule has 1 unspecified atom stereocenters. The molecule has 2 heterocycles. The van der Waals surface area contributed by atoms with Crippen LogP contribution in [0.4, 0.5) is 0 Å². The Morgan fingerprint density at radius 2 is 2.10 bits per heavy atom. The van der Waals surface area contributed by atoms with Crippen molar-refractivity contribution in [1.82, 2.24) is 4.90 Å². The van der Waals surface area contributed by atoms with Crippen LogP contribution in [0, 0.1) is 5.92 Å². The first-order valence-electron chi connectivity index (χ1n) is 7.85. The van der Waals surface area contributed by atoms with Gasteiger partial charge in [0, 0.05) is 26.3 Å². The molecule has 114 valence electrons. The van der Waals surface area contributed by atoms with Crippen LogP contribution in [0.5, 0.6) is 0 Å². The molecule has 4 heteroatoms. The van der Waals surface area contributed by atoms with E-state index in [-0.39, 0.29) is 17.9 Å². The highest BCUT2D eigenvalue weighted by Gasteiger charge is 2.36. The Hall–Kier alpha value is -1.39. The fourth-order valence-corrected chi connectivity index (χ4v) is 2.88. The zero-order chi connectivity index (χ0) is 14.5. The molecule has 3 rings (SSSR count). The number of aryl methyl sites for hydroxylation is 1. The lowest BCUT2D eigenvalue weighted by atomic mass is 10.0. The van der Waals surface area contributed by atoms with Gasteiger partial charge >= 0.3 is 0 Å². The molecular formula is C17H23NO3. The van der Waals surface area contributed by atoms with Crippen molar-refractivity contribution in [2.45, 2.75) is 25.4 Å². The Kier molecular flexibility index (Phi) is 4.88. The number of likely N-dealkylation sites (tertiary alicyclic amines) is 1. The highest BCUT2D eigenvalue weighted by Crippen LogP contribution is 2.21. The van der Waals surface area contributed by atoms with E-state index in [9.17, 15) is 4.79 Å². The number of nitrogens with zero attached hydrogens (tertiary/aromatic N) is 1. The first-order valence-corrected chi connectivity index (χ1v) is 7.85. The minimum Gasteiger partial charge on any atom is -0.381 e. The minimum absolute atomic E-state index is 0.0871. The molecule has 2 aliphatic heterocycles. The lowest BCUT2D eigenvalue weighted by molar-refractivity contribution is -0.149. The molecule has 0 radical (unpaired) electrons. The maximum absolute atomic E-state index is 12.1. The van der Waals surface area contributed by atoms with E-state index in [1.54, 1.807) is 0 Å². The van der Waals surface area contributed by atoms with E-state index in [2.05, 4.69) is 24.3 Å². The molecule has 0 N–H and O–H groups in total. The van der Waals surface area contributed by atoms with Gasteiger partial charge in [0.15, 0.2) is 0 Å². The quantitative estimate of drug-likeness (QED) is 0.751. The SMILES string of the molecule is O=C(C1CCOC1)N1CC(OCCCc2ccccc2)C1. The van der Waals surface area contributed by atoms with Crippen molar-refractivity contribution in [1.29, 1.82) is 0 Å². The van der Waals surface area contributed by atoms with Crippen molar-refractivity contribution < 1.29 is 14.3 Å². The lowest BCUT2D eigenvalue weighted by Crippen LogP contribution is -2.56. The third kappa shape index (κ3) is 3.83. The van der Waals surface area contributed by atoms with Gasteiger partial charge in [-0.3, -0.25) is 4.79 Å². The largest absolute Gasteiger partial charge is 0.381 e. The van der Waals surface area contributed by atoms with Crippen molar-refractivity contribution in [2.24, 2.45) is 5.92 Å². The van der Waals surface area contributed by atoms with Crippen LogP contribution in [-0.4, -0.2) is 49.8 Å². The molecule has 2 aliphatic rings. The van der Waals surface area contributed by atoms with E-state index in [1.807, 2.05) is 11.0 Å². The second kappa shape index (κ2) is 7.05. The van der Waals surface area contributed by atoms with Crippen molar-refractivity contribution >= 4 is 5.91 Å². The highest BCUT2D eigenvalue weighted by molar-refractivity contribution is 5.80. The molecule has 2 saturated heterocycles. The second-order valence-electron chi connectivity index (χ2n) is 5.89. The van der Waals surface area contributed by atoms with E-state index in [1.165, 1.54) is 5.56 Å². The number of hydrogen-bond donors (Lipinski definition) is 0. The van der Waals surface area contributed by atoms with Crippen molar-refractivity contribution in [3.05, 3.63) is 35.9 Å². The first-order chi connectivity index (χ1) is 10.3. The molecule has 4 nitrogen and oxygen atoms in total. The fourth-order valence-electron chi connectivity index (χ4n) is 2.88. The number of rotatable bonds is 6. The summed E-state index contributed by atoms with van der Waals surface area (Å²) >= 11 is 0. The van der Waals surface area contributed by atoms with Crippen LogP contribution < -0.4 is 0 Å².